The topological polar surface area (TPSA) is 63.6 Å². The second kappa shape index (κ2) is 4.43. The Morgan fingerprint density at radius 2 is 1.88 bits per heavy atom. The molecule has 1 aromatic carbocycles. The number of hydrogen-bond acceptors (Lipinski definition) is 3. The first-order chi connectivity index (χ1) is 7.27. The SMILES string of the molecule is COc1cc(C)c(S(=O)(=O)O)cc1C(C)C. The number of rotatable bonds is 3. The summed E-state index contributed by atoms with van der Waals surface area (Å²) in [5.41, 5.74) is 1.24. The Bertz CT molecular complexity index is 489. The van der Waals surface area contributed by atoms with Gasteiger partial charge in [-0.3, -0.25) is 4.55 Å². The van der Waals surface area contributed by atoms with Crippen LogP contribution in [0.4, 0.5) is 0 Å². The largest absolute Gasteiger partial charge is 0.496 e. The van der Waals surface area contributed by atoms with Crippen molar-refractivity contribution in [2.45, 2.75) is 31.6 Å². The Labute approximate surface area is 96.0 Å². The van der Waals surface area contributed by atoms with Gasteiger partial charge in [-0.2, -0.15) is 8.42 Å². The molecular weight excluding hydrogens is 228 g/mol. The van der Waals surface area contributed by atoms with Crippen molar-refractivity contribution in [2.75, 3.05) is 7.11 Å². The van der Waals surface area contributed by atoms with E-state index in [-0.39, 0.29) is 10.8 Å². The van der Waals surface area contributed by atoms with E-state index < -0.39 is 10.1 Å². The average Bonchev–Trinajstić information content (AvgIpc) is 2.14. The molecule has 0 saturated heterocycles. The van der Waals surface area contributed by atoms with Crippen molar-refractivity contribution in [3.8, 4) is 5.75 Å². The van der Waals surface area contributed by atoms with E-state index in [1.54, 1.807) is 13.0 Å². The van der Waals surface area contributed by atoms with Crippen LogP contribution in [0.15, 0.2) is 17.0 Å². The van der Waals surface area contributed by atoms with E-state index in [1.165, 1.54) is 13.2 Å². The molecule has 0 aromatic heterocycles. The van der Waals surface area contributed by atoms with Gasteiger partial charge >= 0.3 is 0 Å². The quantitative estimate of drug-likeness (QED) is 0.829. The van der Waals surface area contributed by atoms with Gasteiger partial charge in [0.05, 0.1) is 12.0 Å². The lowest BCUT2D eigenvalue weighted by Crippen LogP contribution is -2.04. The minimum atomic E-state index is -4.17. The zero-order chi connectivity index (χ0) is 12.5. The van der Waals surface area contributed by atoms with Crippen molar-refractivity contribution in [2.24, 2.45) is 0 Å². The van der Waals surface area contributed by atoms with E-state index in [4.69, 9.17) is 9.29 Å². The van der Waals surface area contributed by atoms with Gasteiger partial charge in [0.2, 0.25) is 0 Å². The monoisotopic (exact) mass is 244 g/mol. The molecule has 1 N–H and O–H groups in total. The summed E-state index contributed by atoms with van der Waals surface area (Å²) < 4.78 is 36.5. The third-order valence-electron chi connectivity index (χ3n) is 2.43. The highest BCUT2D eigenvalue weighted by atomic mass is 32.2. The summed E-state index contributed by atoms with van der Waals surface area (Å²) in [6, 6.07) is 3.09. The molecule has 0 radical (unpaired) electrons. The second-order valence-electron chi connectivity index (χ2n) is 3.99. The minimum Gasteiger partial charge on any atom is -0.496 e. The summed E-state index contributed by atoms with van der Waals surface area (Å²) in [5.74, 6) is 0.760. The molecule has 16 heavy (non-hydrogen) atoms. The van der Waals surface area contributed by atoms with Gasteiger partial charge in [0.1, 0.15) is 5.75 Å². The van der Waals surface area contributed by atoms with Crippen molar-refractivity contribution in [3.05, 3.63) is 23.3 Å². The van der Waals surface area contributed by atoms with Crippen LogP contribution in [-0.4, -0.2) is 20.1 Å². The van der Waals surface area contributed by atoms with E-state index in [2.05, 4.69) is 0 Å². The van der Waals surface area contributed by atoms with Gasteiger partial charge in [0, 0.05) is 0 Å². The van der Waals surface area contributed by atoms with Gasteiger partial charge in [0.25, 0.3) is 10.1 Å². The lowest BCUT2D eigenvalue weighted by atomic mass is 10.0. The maximum absolute atomic E-state index is 11.1. The summed E-state index contributed by atoms with van der Waals surface area (Å²) >= 11 is 0. The Balaban J connectivity index is 3.52. The Morgan fingerprint density at radius 1 is 1.31 bits per heavy atom. The number of methoxy groups -OCH3 is 1. The number of benzene rings is 1. The molecule has 0 saturated carbocycles. The fraction of sp³-hybridized carbons (Fsp3) is 0.455. The Kier molecular flexibility index (Phi) is 3.60. The lowest BCUT2D eigenvalue weighted by Gasteiger charge is -2.14. The number of aryl methyl sites for hydroxylation is 1. The van der Waals surface area contributed by atoms with Crippen LogP contribution in [-0.2, 0) is 10.1 Å². The van der Waals surface area contributed by atoms with E-state index in [0.717, 1.165) is 5.56 Å². The van der Waals surface area contributed by atoms with Crippen LogP contribution in [0.25, 0.3) is 0 Å². The molecule has 0 aliphatic carbocycles. The molecule has 0 fully saturated rings. The predicted octanol–water partition coefficient (Wildman–Crippen LogP) is 2.37. The van der Waals surface area contributed by atoms with Crippen LogP contribution in [0.5, 0.6) is 5.75 Å². The predicted molar refractivity (Wildman–Crippen MR) is 61.6 cm³/mol. The molecule has 4 nitrogen and oxygen atoms in total. The second-order valence-corrected chi connectivity index (χ2v) is 5.38. The standard InChI is InChI=1S/C11H16O4S/c1-7(2)9-6-11(16(12,13)14)8(3)5-10(9)15-4/h5-7H,1-4H3,(H,12,13,14). The van der Waals surface area contributed by atoms with Gasteiger partial charge in [-0.1, -0.05) is 13.8 Å². The van der Waals surface area contributed by atoms with Crippen LogP contribution in [0, 0.1) is 6.92 Å². The van der Waals surface area contributed by atoms with Crippen LogP contribution < -0.4 is 4.74 Å². The van der Waals surface area contributed by atoms with Crippen molar-refractivity contribution in [1.82, 2.24) is 0 Å². The van der Waals surface area contributed by atoms with Crippen molar-refractivity contribution >= 4 is 10.1 Å². The average molecular weight is 244 g/mol. The third kappa shape index (κ3) is 2.54. The first-order valence-corrected chi connectivity index (χ1v) is 6.37. The third-order valence-corrected chi connectivity index (χ3v) is 3.42. The smallest absolute Gasteiger partial charge is 0.294 e. The fourth-order valence-corrected chi connectivity index (χ4v) is 2.32. The van der Waals surface area contributed by atoms with E-state index >= 15 is 0 Å². The highest BCUT2D eigenvalue weighted by Crippen LogP contribution is 2.31. The summed E-state index contributed by atoms with van der Waals surface area (Å²) in [7, 11) is -2.63. The van der Waals surface area contributed by atoms with Gasteiger partial charge < -0.3 is 4.74 Å². The van der Waals surface area contributed by atoms with E-state index in [0.29, 0.717) is 11.3 Å². The molecular formula is C11H16O4S. The maximum atomic E-state index is 11.1. The van der Waals surface area contributed by atoms with Crippen molar-refractivity contribution in [1.29, 1.82) is 0 Å². The molecule has 0 atom stereocenters. The van der Waals surface area contributed by atoms with E-state index in [1.807, 2.05) is 13.8 Å². The van der Waals surface area contributed by atoms with Gasteiger partial charge in [0.15, 0.2) is 0 Å². The molecule has 0 heterocycles. The van der Waals surface area contributed by atoms with Crippen LogP contribution in [0.3, 0.4) is 0 Å². The Hall–Kier alpha value is -1.07. The summed E-state index contributed by atoms with van der Waals surface area (Å²) in [4.78, 5) is -0.0583. The van der Waals surface area contributed by atoms with Crippen LogP contribution >= 0.6 is 0 Å². The first kappa shape index (κ1) is 13.0. The zero-order valence-electron chi connectivity index (χ0n) is 9.81. The molecule has 0 amide bonds. The number of ether oxygens (including phenoxy) is 1. The molecule has 0 aliphatic heterocycles. The van der Waals surface area contributed by atoms with Crippen LogP contribution in [0.1, 0.15) is 30.9 Å². The fourth-order valence-electron chi connectivity index (χ4n) is 1.58. The highest BCUT2D eigenvalue weighted by Gasteiger charge is 2.18. The first-order valence-electron chi connectivity index (χ1n) is 4.93. The molecule has 5 heteroatoms. The van der Waals surface area contributed by atoms with E-state index in [9.17, 15) is 8.42 Å². The highest BCUT2D eigenvalue weighted by molar-refractivity contribution is 7.85. The summed E-state index contributed by atoms with van der Waals surface area (Å²) in [6.45, 7) is 5.48. The molecule has 0 bridgehead atoms. The number of hydrogen-bond donors (Lipinski definition) is 1. The van der Waals surface area contributed by atoms with Gasteiger partial charge in [-0.05, 0) is 36.1 Å². The zero-order valence-corrected chi connectivity index (χ0v) is 10.6. The molecule has 1 aromatic rings. The van der Waals surface area contributed by atoms with Gasteiger partial charge in [-0.15, -0.1) is 0 Å². The molecule has 1 rings (SSSR count). The summed E-state index contributed by atoms with van der Waals surface area (Å²) in [6.07, 6.45) is 0. The molecule has 90 valence electrons. The summed E-state index contributed by atoms with van der Waals surface area (Å²) in [5, 5.41) is 0. The molecule has 0 spiro atoms. The van der Waals surface area contributed by atoms with Gasteiger partial charge in [-0.25, -0.2) is 0 Å². The maximum Gasteiger partial charge on any atom is 0.294 e. The lowest BCUT2D eigenvalue weighted by molar-refractivity contribution is 0.406. The molecule has 0 unspecified atom stereocenters. The van der Waals surface area contributed by atoms with Crippen molar-refractivity contribution in [3.63, 3.8) is 0 Å². The Morgan fingerprint density at radius 3 is 2.25 bits per heavy atom. The minimum absolute atomic E-state index is 0.0583. The van der Waals surface area contributed by atoms with Crippen molar-refractivity contribution < 1.29 is 17.7 Å². The normalized spacial score (nSPS) is 11.9. The molecule has 0 aliphatic rings. The van der Waals surface area contributed by atoms with Crippen LogP contribution in [0.2, 0.25) is 0 Å².